The van der Waals surface area contributed by atoms with Crippen molar-refractivity contribution in [1.29, 1.82) is 0 Å². The van der Waals surface area contributed by atoms with Crippen molar-refractivity contribution in [3.8, 4) is 0 Å². The molecule has 0 N–H and O–H groups in total. The minimum absolute atomic E-state index is 0.269. The first-order valence-corrected chi connectivity index (χ1v) is 6.69. The van der Waals surface area contributed by atoms with Crippen LogP contribution in [-0.2, 0) is 9.47 Å². The number of rotatable bonds is 6. The number of ether oxygens (including phenoxy) is 2. The summed E-state index contributed by atoms with van der Waals surface area (Å²) in [5.74, 6) is -0.958. The molecule has 0 aliphatic carbocycles. The lowest BCUT2D eigenvalue weighted by atomic mass is 10.1. The van der Waals surface area contributed by atoms with Gasteiger partial charge in [-0.2, -0.15) is 0 Å². The van der Waals surface area contributed by atoms with Gasteiger partial charge < -0.3 is 9.47 Å². The van der Waals surface area contributed by atoms with Crippen LogP contribution in [0, 0.1) is 0 Å². The van der Waals surface area contributed by atoms with Gasteiger partial charge in [-0.3, -0.25) is 4.79 Å². The summed E-state index contributed by atoms with van der Waals surface area (Å²) >= 11 is 0. The number of hydrogen-bond acceptors (Lipinski definition) is 4. The van der Waals surface area contributed by atoms with Crippen molar-refractivity contribution in [2.75, 3.05) is 6.61 Å². The van der Waals surface area contributed by atoms with Gasteiger partial charge in [0.25, 0.3) is 6.29 Å². The summed E-state index contributed by atoms with van der Waals surface area (Å²) in [4.78, 5) is 24.3. The van der Waals surface area contributed by atoms with Gasteiger partial charge in [0.15, 0.2) is 0 Å². The van der Waals surface area contributed by atoms with E-state index in [2.05, 4.69) is 0 Å². The second-order valence-electron chi connectivity index (χ2n) is 4.29. The van der Waals surface area contributed by atoms with Gasteiger partial charge in [0.05, 0.1) is 5.56 Å². The molecule has 0 spiro atoms. The van der Waals surface area contributed by atoms with Crippen LogP contribution in [0.1, 0.15) is 27.6 Å². The molecule has 0 amide bonds. The number of carbonyl (C=O) groups excluding carboxylic acids is 2. The number of ketones is 1. The lowest BCUT2D eigenvalue weighted by molar-refractivity contribution is -0.0821. The molecule has 0 fully saturated rings. The standard InChI is InChI=1S/C17H16O4/c1-2-20-17(15(18)13-9-5-3-6-10-13)21-16(19)14-11-7-4-8-12-14/h3-12,17H,2H2,1H3. The van der Waals surface area contributed by atoms with Gasteiger partial charge in [0.1, 0.15) is 0 Å². The van der Waals surface area contributed by atoms with Gasteiger partial charge in [-0.25, -0.2) is 4.79 Å². The van der Waals surface area contributed by atoms with Crippen LogP contribution in [0.25, 0.3) is 0 Å². The predicted molar refractivity (Wildman–Crippen MR) is 78.0 cm³/mol. The quantitative estimate of drug-likeness (QED) is 0.464. The van der Waals surface area contributed by atoms with Crippen molar-refractivity contribution in [1.82, 2.24) is 0 Å². The van der Waals surface area contributed by atoms with Gasteiger partial charge in [0.2, 0.25) is 5.78 Å². The van der Waals surface area contributed by atoms with Crippen LogP contribution in [0.5, 0.6) is 0 Å². The molecular formula is C17H16O4. The minimum atomic E-state index is -1.23. The molecule has 1 atom stereocenters. The lowest BCUT2D eigenvalue weighted by Gasteiger charge is -2.16. The maximum Gasteiger partial charge on any atom is 0.340 e. The summed E-state index contributed by atoms with van der Waals surface area (Å²) in [6.07, 6.45) is -1.23. The second-order valence-corrected chi connectivity index (χ2v) is 4.29. The lowest BCUT2D eigenvalue weighted by Crippen LogP contribution is -2.30. The summed E-state index contributed by atoms with van der Waals surface area (Å²) in [5, 5.41) is 0. The van der Waals surface area contributed by atoms with E-state index >= 15 is 0 Å². The largest absolute Gasteiger partial charge is 0.424 e. The van der Waals surface area contributed by atoms with E-state index in [0.29, 0.717) is 11.1 Å². The maximum absolute atomic E-state index is 12.3. The molecule has 2 rings (SSSR count). The summed E-state index contributed by atoms with van der Waals surface area (Å²) in [6, 6.07) is 17.1. The first-order valence-electron chi connectivity index (χ1n) is 6.69. The Labute approximate surface area is 123 Å². The molecule has 0 bridgehead atoms. The summed E-state index contributed by atoms with van der Waals surface area (Å²) in [7, 11) is 0. The SMILES string of the molecule is CCOC(OC(=O)c1ccccc1)C(=O)c1ccccc1. The van der Waals surface area contributed by atoms with Crippen LogP contribution in [0.15, 0.2) is 60.7 Å². The van der Waals surface area contributed by atoms with Crippen molar-refractivity contribution in [2.24, 2.45) is 0 Å². The third-order valence-corrected chi connectivity index (χ3v) is 2.81. The third kappa shape index (κ3) is 4.00. The van der Waals surface area contributed by atoms with E-state index in [9.17, 15) is 9.59 Å². The van der Waals surface area contributed by atoms with E-state index in [0.717, 1.165) is 0 Å². The third-order valence-electron chi connectivity index (χ3n) is 2.81. The van der Waals surface area contributed by atoms with Gasteiger partial charge in [-0.05, 0) is 19.1 Å². The van der Waals surface area contributed by atoms with Gasteiger partial charge in [0, 0.05) is 12.2 Å². The molecule has 0 radical (unpaired) electrons. The first kappa shape index (κ1) is 14.9. The Kier molecular flexibility index (Phi) is 5.23. The number of esters is 1. The van der Waals surface area contributed by atoms with E-state index < -0.39 is 12.3 Å². The fourth-order valence-electron chi connectivity index (χ4n) is 1.79. The van der Waals surface area contributed by atoms with Crippen LogP contribution in [-0.4, -0.2) is 24.6 Å². The molecule has 0 aliphatic rings. The number of hydrogen-bond donors (Lipinski definition) is 0. The minimum Gasteiger partial charge on any atom is -0.424 e. The van der Waals surface area contributed by atoms with E-state index in [1.165, 1.54) is 0 Å². The fraction of sp³-hybridized carbons (Fsp3) is 0.176. The number of carbonyl (C=O) groups is 2. The molecule has 2 aromatic carbocycles. The molecule has 21 heavy (non-hydrogen) atoms. The molecule has 0 aliphatic heterocycles. The fourth-order valence-corrected chi connectivity index (χ4v) is 1.79. The highest BCUT2D eigenvalue weighted by Crippen LogP contribution is 2.11. The van der Waals surface area contributed by atoms with Crippen molar-refractivity contribution in [2.45, 2.75) is 13.2 Å². The highest BCUT2D eigenvalue weighted by Gasteiger charge is 2.25. The van der Waals surface area contributed by atoms with Crippen LogP contribution >= 0.6 is 0 Å². The maximum atomic E-state index is 12.3. The number of benzene rings is 2. The average Bonchev–Trinajstić information content (AvgIpc) is 2.55. The molecule has 0 heterocycles. The first-order chi connectivity index (χ1) is 10.2. The number of Topliss-reactive ketones (excluding diaryl/α,β-unsaturated/α-hetero) is 1. The van der Waals surface area contributed by atoms with Crippen LogP contribution < -0.4 is 0 Å². The van der Waals surface area contributed by atoms with Crippen molar-refractivity contribution < 1.29 is 19.1 Å². The van der Waals surface area contributed by atoms with E-state index in [1.807, 2.05) is 6.07 Å². The molecule has 1 unspecified atom stereocenters. The molecule has 0 aromatic heterocycles. The van der Waals surface area contributed by atoms with Crippen LogP contribution in [0.2, 0.25) is 0 Å². The monoisotopic (exact) mass is 284 g/mol. The molecule has 4 nitrogen and oxygen atoms in total. The molecular weight excluding hydrogens is 268 g/mol. The van der Waals surface area contributed by atoms with Crippen LogP contribution in [0.3, 0.4) is 0 Å². The van der Waals surface area contributed by atoms with Crippen molar-refractivity contribution >= 4 is 11.8 Å². The average molecular weight is 284 g/mol. The van der Waals surface area contributed by atoms with E-state index in [1.54, 1.807) is 61.5 Å². The van der Waals surface area contributed by atoms with Gasteiger partial charge >= 0.3 is 5.97 Å². The normalized spacial score (nSPS) is 11.7. The molecule has 2 aromatic rings. The topological polar surface area (TPSA) is 52.6 Å². The van der Waals surface area contributed by atoms with Crippen LogP contribution in [0.4, 0.5) is 0 Å². The molecule has 0 saturated carbocycles. The highest BCUT2D eigenvalue weighted by molar-refractivity contribution is 6.00. The van der Waals surface area contributed by atoms with Gasteiger partial charge in [-0.15, -0.1) is 0 Å². The smallest absolute Gasteiger partial charge is 0.340 e. The Morgan fingerprint density at radius 1 is 0.905 bits per heavy atom. The Balaban J connectivity index is 2.12. The predicted octanol–water partition coefficient (Wildman–Crippen LogP) is 3.09. The summed E-state index contributed by atoms with van der Waals surface area (Å²) < 4.78 is 10.4. The molecule has 4 heteroatoms. The Bertz CT molecular complexity index is 593. The second kappa shape index (κ2) is 7.36. The van der Waals surface area contributed by atoms with E-state index in [4.69, 9.17) is 9.47 Å². The highest BCUT2D eigenvalue weighted by atomic mass is 16.7. The zero-order valence-electron chi connectivity index (χ0n) is 11.7. The van der Waals surface area contributed by atoms with Crippen molar-refractivity contribution in [3.05, 3.63) is 71.8 Å². The zero-order valence-corrected chi connectivity index (χ0v) is 11.7. The summed E-state index contributed by atoms with van der Waals surface area (Å²) in [5.41, 5.74) is 0.819. The molecule has 0 saturated heterocycles. The Morgan fingerprint density at radius 3 is 1.95 bits per heavy atom. The van der Waals surface area contributed by atoms with E-state index in [-0.39, 0.29) is 12.4 Å². The molecule has 108 valence electrons. The zero-order chi connectivity index (χ0) is 15.1. The van der Waals surface area contributed by atoms with Crippen molar-refractivity contribution in [3.63, 3.8) is 0 Å². The Morgan fingerprint density at radius 2 is 1.43 bits per heavy atom. The summed E-state index contributed by atoms with van der Waals surface area (Å²) in [6.45, 7) is 2.01. The Hall–Kier alpha value is -2.46. The van der Waals surface area contributed by atoms with Gasteiger partial charge in [-0.1, -0.05) is 48.5 Å².